The summed E-state index contributed by atoms with van der Waals surface area (Å²) in [5, 5.41) is 0. The lowest BCUT2D eigenvalue weighted by Crippen LogP contribution is -2.38. The van der Waals surface area contributed by atoms with E-state index in [1.54, 1.807) is 0 Å². The van der Waals surface area contributed by atoms with Gasteiger partial charge < -0.3 is 0 Å². The molecule has 4 aliphatic rings. The van der Waals surface area contributed by atoms with E-state index in [1.165, 1.54) is 47.2 Å². The molecule has 6 rings (SSSR count). The van der Waals surface area contributed by atoms with Gasteiger partial charge in [-0.25, -0.2) is 0 Å². The predicted octanol–water partition coefficient (Wildman–Crippen LogP) is 2.98. The maximum absolute atomic E-state index is 12.7. The monoisotopic (exact) mass is 315 g/mol. The normalized spacial score (nSPS) is 31.9. The Morgan fingerprint density at radius 1 is 0.833 bits per heavy atom. The standard InChI is InChI=1S/C21H18N2O/c24-21-18-12-9-10-13(11-12)19(18)23(22-21)20-16-7-3-1-5-14(16)15-6-2-4-8-17(15)20/h1-8,12-13,18-19H,9-11H2/p+1/t12-,13+,18?,19?/m1/s1. The fourth-order valence-corrected chi connectivity index (χ4v) is 5.73. The van der Waals surface area contributed by atoms with Crippen LogP contribution in [0.15, 0.2) is 48.5 Å². The quantitative estimate of drug-likeness (QED) is 0.636. The number of carbonyl (C=O) groups is 1. The summed E-state index contributed by atoms with van der Waals surface area (Å²) in [7, 11) is 0. The van der Waals surface area contributed by atoms with Crippen LogP contribution in [0.2, 0.25) is 0 Å². The summed E-state index contributed by atoms with van der Waals surface area (Å²) in [6, 6.07) is 17.5. The lowest BCUT2D eigenvalue weighted by Gasteiger charge is -2.17. The molecule has 2 saturated carbocycles. The molecule has 2 bridgehead atoms. The van der Waals surface area contributed by atoms with Gasteiger partial charge in [0.25, 0.3) is 5.91 Å². The SMILES string of the molecule is O=C1N[N+](=C2c3ccccc3-c3ccccc32)C2C1[C@@H]1CC[C@H]2C1. The van der Waals surface area contributed by atoms with Gasteiger partial charge >= 0.3 is 0 Å². The Morgan fingerprint density at radius 3 is 2.08 bits per heavy atom. The van der Waals surface area contributed by atoms with Gasteiger partial charge in [0, 0.05) is 5.92 Å². The second-order valence-corrected chi connectivity index (χ2v) is 7.64. The molecule has 1 heterocycles. The van der Waals surface area contributed by atoms with Crippen molar-refractivity contribution in [1.29, 1.82) is 0 Å². The van der Waals surface area contributed by atoms with E-state index in [2.05, 4.69) is 58.6 Å². The van der Waals surface area contributed by atoms with E-state index in [9.17, 15) is 4.79 Å². The van der Waals surface area contributed by atoms with E-state index in [0.717, 1.165) is 0 Å². The van der Waals surface area contributed by atoms with Crippen LogP contribution < -0.4 is 5.43 Å². The zero-order chi connectivity index (χ0) is 15.8. The maximum Gasteiger partial charge on any atom is 0.284 e. The number of amides is 1. The highest BCUT2D eigenvalue weighted by Gasteiger charge is 2.62. The van der Waals surface area contributed by atoms with Crippen LogP contribution in [0.3, 0.4) is 0 Å². The van der Waals surface area contributed by atoms with Gasteiger partial charge in [0.15, 0.2) is 6.04 Å². The third kappa shape index (κ3) is 1.44. The first-order chi connectivity index (χ1) is 11.8. The number of hydrogen-bond donors (Lipinski definition) is 1. The molecule has 0 spiro atoms. The highest BCUT2D eigenvalue weighted by atomic mass is 16.2. The van der Waals surface area contributed by atoms with Crippen LogP contribution >= 0.6 is 0 Å². The van der Waals surface area contributed by atoms with Crippen molar-refractivity contribution < 1.29 is 9.48 Å². The minimum Gasteiger partial charge on any atom is -0.269 e. The van der Waals surface area contributed by atoms with Crippen LogP contribution in [-0.4, -0.2) is 22.3 Å². The van der Waals surface area contributed by atoms with Crippen molar-refractivity contribution in [2.24, 2.45) is 17.8 Å². The molecule has 118 valence electrons. The molecule has 1 aliphatic heterocycles. The molecule has 3 aliphatic carbocycles. The summed E-state index contributed by atoms with van der Waals surface area (Å²) in [5.41, 5.74) is 9.51. The fraction of sp³-hybridized carbons (Fsp3) is 0.333. The van der Waals surface area contributed by atoms with Crippen LogP contribution in [0.5, 0.6) is 0 Å². The zero-order valence-corrected chi connectivity index (χ0v) is 13.4. The Kier molecular flexibility index (Phi) is 2.35. The minimum absolute atomic E-state index is 0.191. The van der Waals surface area contributed by atoms with Gasteiger partial charge in [-0.2, -0.15) is 0 Å². The Morgan fingerprint density at radius 2 is 1.42 bits per heavy atom. The molecule has 2 unspecified atom stereocenters. The molecule has 2 aromatic rings. The van der Waals surface area contributed by atoms with Crippen LogP contribution in [-0.2, 0) is 4.79 Å². The average molecular weight is 315 g/mol. The maximum atomic E-state index is 12.7. The van der Waals surface area contributed by atoms with Crippen molar-refractivity contribution in [2.45, 2.75) is 25.3 Å². The summed E-state index contributed by atoms with van der Waals surface area (Å²) in [6.07, 6.45) is 3.74. The van der Waals surface area contributed by atoms with Crippen molar-refractivity contribution >= 4 is 11.6 Å². The van der Waals surface area contributed by atoms with E-state index in [-0.39, 0.29) is 11.8 Å². The van der Waals surface area contributed by atoms with Crippen LogP contribution in [0.4, 0.5) is 0 Å². The second kappa shape index (κ2) is 4.35. The van der Waals surface area contributed by atoms with Crippen molar-refractivity contribution in [3.05, 3.63) is 59.7 Å². The van der Waals surface area contributed by atoms with Crippen molar-refractivity contribution in [2.75, 3.05) is 0 Å². The highest BCUT2D eigenvalue weighted by molar-refractivity contribution is 6.22. The minimum atomic E-state index is 0.191. The molecule has 3 nitrogen and oxygen atoms in total. The summed E-state index contributed by atoms with van der Waals surface area (Å²) in [6.45, 7) is 0. The third-order valence-corrected chi connectivity index (χ3v) is 6.60. The Balaban J connectivity index is 1.64. The first kappa shape index (κ1) is 12.9. The Labute approximate surface area is 141 Å². The van der Waals surface area contributed by atoms with Crippen molar-refractivity contribution in [3.8, 4) is 11.1 Å². The van der Waals surface area contributed by atoms with Gasteiger partial charge in [-0.15, -0.1) is 10.1 Å². The summed E-state index contributed by atoms with van der Waals surface area (Å²) >= 11 is 0. The van der Waals surface area contributed by atoms with Gasteiger partial charge in [0.1, 0.15) is 5.92 Å². The van der Waals surface area contributed by atoms with E-state index >= 15 is 0 Å². The van der Waals surface area contributed by atoms with Crippen molar-refractivity contribution in [3.63, 3.8) is 0 Å². The number of nitrogens with one attached hydrogen (secondary N) is 1. The number of nitrogens with zero attached hydrogens (tertiary/aromatic N) is 1. The summed E-state index contributed by atoms with van der Waals surface area (Å²) < 4.78 is 2.24. The molecule has 1 N–H and O–H groups in total. The highest BCUT2D eigenvalue weighted by Crippen LogP contribution is 2.52. The van der Waals surface area contributed by atoms with Gasteiger partial charge in [0.05, 0.1) is 11.1 Å². The Bertz CT molecular complexity index is 881. The van der Waals surface area contributed by atoms with Gasteiger partial charge in [-0.05, 0) is 48.4 Å². The molecule has 3 heteroatoms. The van der Waals surface area contributed by atoms with E-state index in [4.69, 9.17) is 0 Å². The summed E-state index contributed by atoms with van der Waals surface area (Å²) in [4.78, 5) is 12.7. The number of fused-ring (bicyclic) bond motifs is 8. The molecular formula is C21H19N2O+. The molecule has 0 radical (unpaired) electrons. The van der Waals surface area contributed by atoms with E-state index in [0.29, 0.717) is 17.9 Å². The molecule has 1 amide bonds. The lowest BCUT2D eigenvalue weighted by molar-refractivity contribution is -0.602. The van der Waals surface area contributed by atoms with E-state index in [1.807, 2.05) is 0 Å². The molecule has 0 aromatic heterocycles. The number of hydrazine groups is 1. The predicted molar refractivity (Wildman–Crippen MR) is 91.6 cm³/mol. The molecule has 2 aromatic carbocycles. The molecule has 1 saturated heterocycles. The largest absolute Gasteiger partial charge is 0.284 e. The van der Waals surface area contributed by atoms with Gasteiger partial charge in [-0.1, -0.05) is 36.4 Å². The first-order valence-corrected chi connectivity index (χ1v) is 8.99. The third-order valence-electron chi connectivity index (χ3n) is 6.60. The van der Waals surface area contributed by atoms with Crippen LogP contribution in [0.25, 0.3) is 11.1 Å². The number of carbonyl (C=O) groups excluding carboxylic acids is 1. The van der Waals surface area contributed by atoms with Crippen LogP contribution in [0.1, 0.15) is 30.4 Å². The number of benzene rings is 2. The number of hydrazone groups is 1. The summed E-state index contributed by atoms with van der Waals surface area (Å²) in [5.74, 6) is 1.68. The average Bonchev–Trinajstić information content (AvgIpc) is 3.35. The number of rotatable bonds is 0. The molecule has 4 atom stereocenters. The smallest absolute Gasteiger partial charge is 0.269 e. The van der Waals surface area contributed by atoms with E-state index < -0.39 is 0 Å². The first-order valence-electron chi connectivity index (χ1n) is 8.99. The molecule has 3 fully saturated rings. The second-order valence-electron chi connectivity index (χ2n) is 7.64. The lowest BCUT2D eigenvalue weighted by atomic mass is 9.85. The van der Waals surface area contributed by atoms with Crippen molar-refractivity contribution in [1.82, 2.24) is 5.43 Å². The van der Waals surface area contributed by atoms with Gasteiger partial charge in [-0.3, -0.25) is 4.79 Å². The number of hydrogen-bond acceptors (Lipinski definition) is 1. The molecular weight excluding hydrogens is 296 g/mol. The fourth-order valence-electron chi connectivity index (χ4n) is 5.73. The topological polar surface area (TPSA) is 32.1 Å². The zero-order valence-electron chi connectivity index (χ0n) is 13.4. The van der Waals surface area contributed by atoms with Crippen LogP contribution in [0, 0.1) is 17.8 Å². The van der Waals surface area contributed by atoms with Gasteiger partial charge in [0.2, 0.25) is 5.71 Å². The Hall–Kier alpha value is -2.42. The molecule has 24 heavy (non-hydrogen) atoms.